The van der Waals surface area contributed by atoms with E-state index in [4.69, 9.17) is 27.9 Å². The Morgan fingerprint density at radius 2 is 1.96 bits per heavy atom. The van der Waals surface area contributed by atoms with Gasteiger partial charge < -0.3 is 10.1 Å². The Labute approximate surface area is 148 Å². The van der Waals surface area contributed by atoms with E-state index < -0.39 is 21.3 Å². The van der Waals surface area contributed by atoms with Crippen molar-refractivity contribution >= 4 is 51.0 Å². The number of aromatic nitrogens is 3. The van der Waals surface area contributed by atoms with Gasteiger partial charge in [-0.1, -0.05) is 29.3 Å². The third kappa shape index (κ3) is 3.71. The lowest BCUT2D eigenvalue weighted by Crippen LogP contribution is -2.19. The fourth-order valence-corrected chi connectivity index (χ4v) is 3.24. The zero-order chi connectivity index (χ0) is 17.9. The van der Waals surface area contributed by atoms with Gasteiger partial charge in [-0.2, -0.15) is 13.4 Å². The Morgan fingerprint density at radius 1 is 1.33 bits per heavy atom. The summed E-state index contributed by atoms with van der Waals surface area (Å²) in [7, 11) is -2.78. The standard InChI is InChI=1S/C12H13Cl2N5O4S/c1-3-23-12(20)19-10(15-2)16-11(17-19)24(21,22)18-9-7(13)5-4-6-8(9)14/h4-6,18H,3H2,1-2H3,(H,15,16,17). The third-order valence-corrected chi connectivity index (χ3v) is 4.45. The van der Waals surface area contributed by atoms with E-state index in [-0.39, 0.29) is 28.3 Å². The van der Waals surface area contributed by atoms with Crippen molar-refractivity contribution < 1.29 is 17.9 Å². The van der Waals surface area contributed by atoms with E-state index in [1.807, 2.05) is 0 Å². The Balaban J connectivity index is 2.41. The summed E-state index contributed by atoms with van der Waals surface area (Å²) in [4.78, 5) is 15.5. The molecule has 130 valence electrons. The summed E-state index contributed by atoms with van der Waals surface area (Å²) in [6.45, 7) is 1.70. The van der Waals surface area contributed by atoms with Gasteiger partial charge in [0.25, 0.3) is 15.2 Å². The van der Waals surface area contributed by atoms with Gasteiger partial charge in [0.1, 0.15) is 0 Å². The first kappa shape index (κ1) is 18.3. The Morgan fingerprint density at radius 3 is 2.50 bits per heavy atom. The molecule has 24 heavy (non-hydrogen) atoms. The van der Waals surface area contributed by atoms with Gasteiger partial charge >= 0.3 is 6.09 Å². The van der Waals surface area contributed by atoms with Crippen molar-refractivity contribution in [3.05, 3.63) is 28.2 Å². The molecule has 0 aliphatic carbocycles. The van der Waals surface area contributed by atoms with Crippen LogP contribution in [0.4, 0.5) is 16.4 Å². The molecular weight excluding hydrogens is 381 g/mol. The monoisotopic (exact) mass is 393 g/mol. The summed E-state index contributed by atoms with van der Waals surface area (Å²) in [6, 6.07) is 4.50. The minimum absolute atomic E-state index is 0.0145. The van der Waals surface area contributed by atoms with Crippen LogP contribution in [0.25, 0.3) is 0 Å². The second-order valence-electron chi connectivity index (χ2n) is 4.28. The lowest BCUT2D eigenvalue weighted by molar-refractivity contribution is 0.150. The van der Waals surface area contributed by atoms with Crippen LogP contribution in [0, 0.1) is 0 Å². The van der Waals surface area contributed by atoms with Crippen LogP contribution in [0.15, 0.2) is 23.4 Å². The minimum Gasteiger partial charge on any atom is -0.448 e. The van der Waals surface area contributed by atoms with Crippen LogP contribution in [-0.2, 0) is 14.8 Å². The number of ether oxygens (including phenoxy) is 1. The van der Waals surface area contributed by atoms with Gasteiger partial charge in [-0.3, -0.25) is 4.72 Å². The zero-order valence-electron chi connectivity index (χ0n) is 12.6. The fraction of sp³-hybridized carbons (Fsp3) is 0.250. The summed E-state index contributed by atoms with van der Waals surface area (Å²) in [5, 5.41) is 5.78. The molecule has 1 aromatic heterocycles. The Kier molecular flexibility index (Phi) is 5.52. The number of nitrogens with one attached hydrogen (secondary N) is 2. The quantitative estimate of drug-likeness (QED) is 0.800. The van der Waals surface area contributed by atoms with Gasteiger partial charge in [0, 0.05) is 7.05 Å². The molecule has 0 bridgehead atoms. The average molecular weight is 394 g/mol. The van der Waals surface area contributed by atoms with Gasteiger partial charge in [-0.25, -0.2) is 4.79 Å². The van der Waals surface area contributed by atoms with Crippen molar-refractivity contribution in [3.63, 3.8) is 0 Å². The highest BCUT2D eigenvalue weighted by molar-refractivity contribution is 7.92. The molecule has 0 atom stereocenters. The summed E-state index contributed by atoms with van der Waals surface area (Å²) < 4.78 is 32.5. The molecule has 2 rings (SSSR count). The molecule has 12 heteroatoms. The second kappa shape index (κ2) is 7.24. The third-order valence-electron chi connectivity index (χ3n) is 2.69. The van der Waals surface area contributed by atoms with Crippen LogP contribution in [-0.4, -0.2) is 42.9 Å². The van der Waals surface area contributed by atoms with Crippen molar-refractivity contribution in [1.82, 2.24) is 14.8 Å². The maximum atomic E-state index is 12.4. The number of carbonyl (C=O) groups is 1. The number of para-hydroxylation sites is 1. The van der Waals surface area contributed by atoms with Crippen LogP contribution in [0.1, 0.15) is 6.92 Å². The first-order valence-corrected chi connectivity index (χ1v) is 8.82. The summed E-state index contributed by atoms with van der Waals surface area (Å²) in [5.74, 6) is -0.0981. The molecule has 9 nitrogen and oxygen atoms in total. The van der Waals surface area contributed by atoms with Crippen molar-refractivity contribution in [2.75, 3.05) is 23.7 Å². The molecule has 0 fully saturated rings. The summed E-state index contributed by atoms with van der Waals surface area (Å²) in [5.41, 5.74) is -0.0145. The summed E-state index contributed by atoms with van der Waals surface area (Å²) in [6.07, 6.45) is -0.869. The second-order valence-corrected chi connectivity index (χ2v) is 6.67. The number of hydrogen-bond donors (Lipinski definition) is 2. The lowest BCUT2D eigenvalue weighted by Gasteiger charge is -2.08. The van der Waals surface area contributed by atoms with E-state index in [0.717, 1.165) is 0 Å². The molecule has 0 amide bonds. The molecule has 0 unspecified atom stereocenters. The normalized spacial score (nSPS) is 11.2. The van der Waals surface area contributed by atoms with E-state index in [2.05, 4.69) is 20.1 Å². The SMILES string of the molecule is CCOC(=O)n1nc(S(=O)(=O)Nc2c(Cl)cccc2Cl)nc1NC. The van der Waals surface area contributed by atoms with Gasteiger partial charge in [0.2, 0.25) is 5.95 Å². The van der Waals surface area contributed by atoms with E-state index >= 15 is 0 Å². The highest BCUT2D eigenvalue weighted by atomic mass is 35.5. The first-order chi connectivity index (χ1) is 11.3. The smallest absolute Gasteiger partial charge is 0.438 e. The molecule has 0 saturated carbocycles. The Bertz CT molecular complexity index is 848. The van der Waals surface area contributed by atoms with Crippen LogP contribution < -0.4 is 10.0 Å². The van der Waals surface area contributed by atoms with Gasteiger partial charge in [0.15, 0.2) is 0 Å². The molecule has 1 heterocycles. The molecule has 0 radical (unpaired) electrons. The number of hydrogen-bond acceptors (Lipinski definition) is 7. The number of carbonyl (C=O) groups excluding carboxylic acids is 1. The first-order valence-electron chi connectivity index (χ1n) is 6.59. The zero-order valence-corrected chi connectivity index (χ0v) is 14.9. The topological polar surface area (TPSA) is 115 Å². The largest absolute Gasteiger partial charge is 0.448 e. The van der Waals surface area contributed by atoms with Crippen molar-refractivity contribution in [1.29, 1.82) is 0 Å². The van der Waals surface area contributed by atoms with Crippen molar-refractivity contribution in [3.8, 4) is 0 Å². The molecule has 0 aliphatic heterocycles. The van der Waals surface area contributed by atoms with Crippen molar-refractivity contribution in [2.45, 2.75) is 12.1 Å². The number of rotatable bonds is 5. The number of nitrogens with zero attached hydrogens (tertiary/aromatic N) is 3. The molecular formula is C12H13Cl2N5O4S. The molecule has 0 saturated heterocycles. The van der Waals surface area contributed by atoms with Crippen LogP contribution >= 0.6 is 23.2 Å². The van der Waals surface area contributed by atoms with E-state index in [1.165, 1.54) is 19.2 Å². The van der Waals surface area contributed by atoms with Gasteiger partial charge in [-0.15, -0.1) is 9.78 Å². The number of benzene rings is 1. The molecule has 2 N–H and O–H groups in total. The van der Waals surface area contributed by atoms with Crippen LogP contribution in [0.3, 0.4) is 0 Å². The molecule has 1 aromatic carbocycles. The fourth-order valence-electron chi connectivity index (χ4n) is 1.66. The highest BCUT2D eigenvalue weighted by Crippen LogP contribution is 2.31. The predicted octanol–water partition coefficient (Wildman–Crippen LogP) is 2.43. The predicted molar refractivity (Wildman–Crippen MR) is 89.3 cm³/mol. The van der Waals surface area contributed by atoms with Crippen LogP contribution in [0.5, 0.6) is 0 Å². The lowest BCUT2D eigenvalue weighted by atomic mass is 10.3. The maximum Gasteiger partial charge on any atom is 0.438 e. The number of sulfonamides is 1. The Hall–Kier alpha value is -2.04. The van der Waals surface area contributed by atoms with Gasteiger partial charge in [0.05, 0.1) is 22.3 Å². The maximum absolute atomic E-state index is 12.4. The van der Waals surface area contributed by atoms with E-state index in [0.29, 0.717) is 4.68 Å². The number of halogens is 2. The highest BCUT2D eigenvalue weighted by Gasteiger charge is 2.26. The average Bonchev–Trinajstić information content (AvgIpc) is 2.97. The molecule has 0 spiro atoms. The van der Waals surface area contributed by atoms with Crippen LogP contribution in [0.2, 0.25) is 10.0 Å². The van der Waals surface area contributed by atoms with E-state index in [9.17, 15) is 13.2 Å². The van der Waals surface area contributed by atoms with E-state index in [1.54, 1.807) is 13.0 Å². The van der Waals surface area contributed by atoms with Crippen molar-refractivity contribution in [2.24, 2.45) is 0 Å². The van der Waals surface area contributed by atoms with Gasteiger partial charge in [-0.05, 0) is 19.1 Å². The number of anilines is 2. The summed E-state index contributed by atoms with van der Waals surface area (Å²) >= 11 is 11.9. The molecule has 2 aromatic rings. The minimum atomic E-state index is -4.23. The molecule has 0 aliphatic rings.